The highest BCUT2D eigenvalue weighted by molar-refractivity contribution is 7.98. The zero-order chi connectivity index (χ0) is 20.6. The minimum absolute atomic E-state index is 0.0325. The number of rotatable bonds is 9. The van der Waals surface area contributed by atoms with Crippen LogP contribution >= 0.6 is 23.1 Å². The molecule has 1 heterocycles. The zero-order valence-electron chi connectivity index (χ0n) is 15.3. The molecule has 0 N–H and O–H groups in total. The second kappa shape index (κ2) is 10.2. The van der Waals surface area contributed by atoms with Crippen molar-refractivity contribution in [2.75, 3.05) is 7.11 Å². The van der Waals surface area contributed by atoms with Crippen LogP contribution in [0.2, 0.25) is 0 Å². The predicted octanol–water partition coefficient (Wildman–Crippen LogP) is 5.40. The van der Waals surface area contributed by atoms with E-state index in [0.29, 0.717) is 16.9 Å². The van der Waals surface area contributed by atoms with Gasteiger partial charge in [0.15, 0.2) is 11.5 Å². The van der Waals surface area contributed by atoms with Crippen LogP contribution in [0.1, 0.15) is 21.6 Å². The highest BCUT2D eigenvalue weighted by Gasteiger charge is 2.15. The number of halogens is 2. The first-order chi connectivity index (χ1) is 14.1. The number of methoxy groups -OCH3 is 1. The summed E-state index contributed by atoms with van der Waals surface area (Å²) in [5, 5.41) is 1.96. The summed E-state index contributed by atoms with van der Waals surface area (Å²) in [4.78, 5) is 17.6. The topological polar surface area (TPSA) is 57.7 Å². The number of ether oxygens (including phenoxy) is 3. The molecule has 0 amide bonds. The third-order valence-electron chi connectivity index (χ3n) is 3.78. The van der Waals surface area contributed by atoms with Crippen LogP contribution in [0.5, 0.6) is 11.5 Å². The molecule has 152 valence electrons. The third kappa shape index (κ3) is 5.91. The Kier molecular flexibility index (Phi) is 7.42. The van der Waals surface area contributed by atoms with Crippen molar-refractivity contribution in [2.24, 2.45) is 0 Å². The third-order valence-corrected chi connectivity index (χ3v) is 5.52. The average molecular weight is 437 g/mol. The summed E-state index contributed by atoms with van der Waals surface area (Å²) in [5.41, 5.74) is 3.75. The maximum absolute atomic E-state index is 12.6. The number of hydrogen-bond acceptors (Lipinski definition) is 7. The summed E-state index contributed by atoms with van der Waals surface area (Å²) in [6.45, 7) is -2.99. The van der Waals surface area contributed by atoms with E-state index in [0.717, 1.165) is 10.6 Å². The van der Waals surface area contributed by atoms with E-state index in [9.17, 15) is 13.6 Å². The zero-order valence-corrected chi connectivity index (χ0v) is 17.0. The number of benzene rings is 2. The molecule has 2 aromatic carbocycles. The number of carbonyl (C=O) groups excluding carboxylic acids is 1. The quantitative estimate of drug-likeness (QED) is 0.330. The smallest absolute Gasteiger partial charge is 0.387 e. The van der Waals surface area contributed by atoms with Gasteiger partial charge in [-0.15, -0.1) is 23.1 Å². The van der Waals surface area contributed by atoms with Gasteiger partial charge in [-0.05, 0) is 29.8 Å². The van der Waals surface area contributed by atoms with Gasteiger partial charge in [-0.25, -0.2) is 9.78 Å². The molecule has 0 atom stereocenters. The summed E-state index contributed by atoms with van der Waals surface area (Å²) >= 11 is 3.03. The lowest BCUT2D eigenvalue weighted by Gasteiger charge is -2.12. The van der Waals surface area contributed by atoms with Gasteiger partial charge in [-0.3, -0.25) is 0 Å². The highest BCUT2D eigenvalue weighted by atomic mass is 32.2. The van der Waals surface area contributed by atoms with Gasteiger partial charge >= 0.3 is 12.6 Å². The lowest BCUT2D eigenvalue weighted by atomic mass is 10.2. The highest BCUT2D eigenvalue weighted by Crippen LogP contribution is 2.30. The molecule has 0 aliphatic heterocycles. The Morgan fingerprint density at radius 3 is 2.76 bits per heavy atom. The summed E-state index contributed by atoms with van der Waals surface area (Å²) in [6.07, 6.45) is 0. The predicted molar refractivity (Wildman–Crippen MR) is 107 cm³/mol. The van der Waals surface area contributed by atoms with Crippen molar-refractivity contribution in [1.82, 2.24) is 4.98 Å². The number of nitrogens with zero attached hydrogens (tertiary/aromatic N) is 1. The largest absolute Gasteiger partial charge is 0.493 e. The van der Waals surface area contributed by atoms with Crippen LogP contribution in [0.3, 0.4) is 0 Å². The van der Waals surface area contributed by atoms with Crippen molar-refractivity contribution < 1.29 is 27.8 Å². The number of thioether (sulfide) groups is 1. The molecule has 0 aliphatic rings. The van der Waals surface area contributed by atoms with Crippen LogP contribution in [-0.4, -0.2) is 24.7 Å². The summed E-state index contributed by atoms with van der Waals surface area (Å²) in [6, 6.07) is 11.6. The number of hydrogen-bond donors (Lipinski definition) is 0. The van der Waals surface area contributed by atoms with E-state index >= 15 is 0 Å². The van der Waals surface area contributed by atoms with E-state index in [1.165, 1.54) is 48.4 Å². The second-order valence-electron chi connectivity index (χ2n) is 5.70. The minimum Gasteiger partial charge on any atom is -0.493 e. The molecule has 0 aliphatic carbocycles. The van der Waals surface area contributed by atoms with Crippen molar-refractivity contribution in [1.29, 1.82) is 0 Å². The normalized spacial score (nSPS) is 10.8. The fraction of sp³-hybridized carbons (Fsp3) is 0.200. The molecular weight excluding hydrogens is 420 g/mol. The van der Waals surface area contributed by atoms with Gasteiger partial charge < -0.3 is 14.2 Å². The Bertz CT molecular complexity index is 951. The van der Waals surface area contributed by atoms with E-state index in [-0.39, 0.29) is 18.1 Å². The molecule has 0 fully saturated rings. The number of alkyl halides is 2. The molecule has 29 heavy (non-hydrogen) atoms. The summed E-state index contributed by atoms with van der Waals surface area (Å²) < 4.78 is 39.7. The molecule has 0 saturated carbocycles. The lowest BCUT2D eigenvalue weighted by Crippen LogP contribution is -2.07. The van der Waals surface area contributed by atoms with Crippen molar-refractivity contribution in [3.63, 3.8) is 0 Å². The molecule has 0 saturated heterocycles. The molecule has 0 spiro atoms. The number of thiazole rings is 1. The van der Waals surface area contributed by atoms with Gasteiger partial charge in [-0.2, -0.15) is 8.78 Å². The first-order valence-corrected chi connectivity index (χ1v) is 10.4. The molecule has 0 unspecified atom stereocenters. The van der Waals surface area contributed by atoms with E-state index in [1.807, 2.05) is 17.5 Å². The summed E-state index contributed by atoms with van der Waals surface area (Å²) in [7, 11) is 1.35. The van der Waals surface area contributed by atoms with E-state index < -0.39 is 12.6 Å². The Hall–Kier alpha value is -2.65. The fourth-order valence-corrected chi connectivity index (χ4v) is 4.05. The average Bonchev–Trinajstić information content (AvgIpc) is 3.24. The lowest BCUT2D eigenvalue weighted by molar-refractivity contribution is -0.0512. The molecule has 3 rings (SSSR count). The second-order valence-corrected chi connectivity index (χ2v) is 7.44. The Labute approximate surface area is 174 Å². The first-order valence-electron chi connectivity index (χ1n) is 8.44. The standard InChI is InChI=1S/C20H17F2NO4S2/c1-25-17-8-13(6-7-16(17)27-20(21)22)9-26-19(24)15-4-2-3-5-18(15)29-11-14-10-28-12-23-14/h2-8,10,12,20H,9,11H2,1H3. The number of aromatic nitrogens is 1. The maximum atomic E-state index is 12.6. The minimum atomic E-state index is -2.95. The van der Waals surface area contributed by atoms with E-state index in [4.69, 9.17) is 9.47 Å². The van der Waals surface area contributed by atoms with E-state index in [2.05, 4.69) is 9.72 Å². The van der Waals surface area contributed by atoms with Crippen molar-refractivity contribution in [3.05, 3.63) is 70.2 Å². The van der Waals surface area contributed by atoms with Crippen molar-refractivity contribution in [2.45, 2.75) is 23.9 Å². The molecular formula is C20H17F2NO4S2. The van der Waals surface area contributed by atoms with Gasteiger partial charge in [-0.1, -0.05) is 18.2 Å². The van der Waals surface area contributed by atoms with Crippen molar-refractivity contribution in [3.8, 4) is 11.5 Å². The van der Waals surface area contributed by atoms with Crippen LogP contribution in [0.25, 0.3) is 0 Å². The molecule has 9 heteroatoms. The Balaban J connectivity index is 1.65. The van der Waals surface area contributed by atoms with Crippen LogP contribution < -0.4 is 9.47 Å². The van der Waals surface area contributed by atoms with Crippen molar-refractivity contribution >= 4 is 29.1 Å². The fourth-order valence-electron chi connectivity index (χ4n) is 2.44. The first kappa shape index (κ1) is 21.1. The van der Waals surface area contributed by atoms with Gasteiger partial charge in [0.05, 0.1) is 23.9 Å². The van der Waals surface area contributed by atoms with E-state index in [1.54, 1.807) is 17.6 Å². The molecule has 3 aromatic rings. The van der Waals surface area contributed by atoms with Gasteiger partial charge in [0.1, 0.15) is 6.61 Å². The monoisotopic (exact) mass is 437 g/mol. The van der Waals surface area contributed by atoms with Crippen LogP contribution in [0, 0.1) is 0 Å². The van der Waals surface area contributed by atoms with Crippen LogP contribution in [-0.2, 0) is 17.1 Å². The van der Waals surface area contributed by atoms with Gasteiger partial charge in [0.2, 0.25) is 0 Å². The number of carbonyl (C=O) groups is 1. The molecule has 1 aromatic heterocycles. The Morgan fingerprint density at radius 2 is 2.03 bits per heavy atom. The van der Waals surface area contributed by atoms with Crippen LogP contribution in [0.4, 0.5) is 8.78 Å². The number of esters is 1. The maximum Gasteiger partial charge on any atom is 0.387 e. The summed E-state index contributed by atoms with van der Waals surface area (Å²) in [5.74, 6) is 0.231. The molecule has 5 nitrogen and oxygen atoms in total. The SMILES string of the molecule is COc1cc(COC(=O)c2ccccc2SCc2cscn2)ccc1OC(F)F. The van der Waals surface area contributed by atoms with Crippen LogP contribution in [0.15, 0.2) is 58.3 Å². The molecule has 0 bridgehead atoms. The van der Waals surface area contributed by atoms with Gasteiger partial charge in [0.25, 0.3) is 0 Å². The molecule has 0 radical (unpaired) electrons. The van der Waals surface area contributed by atoms with Gasteiger partial charge in [0, 0.05) is 16.0 Å². The Morgan fingerprint density at radius 1 is 1.21 bits per heavy atom.